The van der Waals surface area contributed by atoms with Crippen LogP contribution in [0.25, 0.3) is 88.3 Å². The predicted octanol–water partition coefficient (Wildman–Crippen LogP) is 8.70. The molecule has 0 saturated carbocycles. The van der Waals surface area contributed by atoms with Crippen molar-refractivity contribution in [3.63, 3.8) is 0 Å². The smallest absolute Gasteiger partial charge is 1.00 e. The molecule has 121 heavy (non-hydrogen) atoms. The predicted molar refractivity (Wildman–Crippen MR) is 456 cm³/mol. The molecule has 18 rings (SSSR count). The number of alkyl halides is 1. The Kier molecular flexibility index (Phi) is 33.9. The molecule has 11 aromatic carbocycles. The van der Waals surface area contributed by atoms with E-state index < -0.39 is 0 Å². The van der Waals surface area contributed by atoms with Crippen LogP contribution in [-0.2, 0) is 22.8 Å². The molecule has 0 aliphatic carbocycles. The van der Waals surface area contributed by atoms with Crippen molar-refractivity contribution in [2.24, 2.45) is 5.73 Å². The monoisotopic (exact) mass is 1740 g/mol. The normalized spacial score (nSPS) is 12.3. The maximum absolute atomic E-state index is 12.5. The summed E-state index contributed by atoms with van der Waals surface area (Å²) in [6, 6.07) is 75.7. The molecule has 0 saturated heterocycles. The van der Waals surface area contributed by atoms with Gasteiger partial charge in [0, 0.05) is 49.2 Å². The maximum atomic E-state index is 12.5. The number of unbranched alkanes of at least 4 members (excludes halogenated alkanes) is 4. The molecule has 604 valence electrons. The summed E-state index contributed by atoms with van der Waals surface area (Å²) < 4.78 is 22.5. The van der Waals surface area contributed by atoms with Crippen LogP contribution in [0.3, 0.4) is 0 Å². The SMILES string of the molecule is CC[n+]1c2ccccc2nc2c(OCCCCN)cccc21.CC[n+]1c2ccccc2nc2c(OCCCCN3C(=O)c4ccccc4C3=O)cccc21.O=C1c2ccccc2C(=O)N1CCCCBr.O=C1c2ccccc2C(=O)N1CCCCOc1cccc2nc3ccccc3nc12.O=CO[O-].Oc1cccc2nc3ccccc3nc12.[H-].[K+].[K+]. The number of amides is 6. The van der Waals surface area contributed by atoms with Gasteiger partial charge in [0.05, 0.1) is 86.3 Å². The minimum Gasteiger partial charge on any atom is -1.00 e. The number of carbonyl (C=O) groups is 7. The van der Waals surface area contributed by atoms with E-state index in [1.165, 1.54) is 14.7 Å². The van der Waals surface area contributed by atoms with Gasteiger partial charge >= 0.3 is 103 Å². The number of carbonyl (C=O) groups excluding carboxylic acids is 7. The zero-order chi connectivity index (χ0) is 83.2. The summed E-state index contributed by atoms with van der Waals surface area (Å²) in [6.45, 7) is 9.46. The molecular weight excluding hydrogens is 1650 g/mol. The average Bonchev–Trinajstić information content (AvgIpc) is 1.49. The Morgan fingerprint density at radius 1 is 0.364 bits per heavy atom. The van der Waals surface area contributed by atoms with Gasteiger partial charge in [0.2, 0.25) is 22.1 Å². The quantitative estimate of drug-likeness (QED) is 0.00657. The molecule has 0 radical (unpaired) electrons. The fourth-order valence-corrected chi connectivity index (χ4v) is 14.7. The molecule has 3 N–H and O–H groups in total. The fourth-order valence-electron chi connectivity index (χ4n) is 14.3. The van der Waals surface area contributed by atoms with Crippen LogP contribution in [0.15, 0.2) is 243 Å². The number of phenols is 1. The summed E-state index contributed by atoms with van der Waals surface area (Å²) in [4.78, 5) is 117. The molecule has 6 amide bonds. The zero-order valence-corrected chi connectivity index (χ0v) is 75.5. The number of nitrogens with two attached hydrogens (primary N) is 1. The summed E-state index contributed by atoms with van der Waals surface area (Å²) in [5, 5.41) is 19.0. The van der Waals surface area contributed by atoms with Crippen LogP contribution < -0.4 is 137 Å². The van der Waals surface area contributed by atoms with Gasteiger partial charge in [0.15, 0.2) is 22.5 Å². The van der Waals surface area contributed by atoms with Crippen molar-refractivity contribution in [1.82, 2.24) is 44.6 Å². The van der Waals surface area contributed by atoms with Gasteiger partial charge in [-0.15, -0.1) is 0 Å². The third-order valence-corrected chi connectivity index (χ3v) is 20.6. The number of aryl methyl sites for hydroxylation is 2. The van der Waals surface area contributed by atoms with Crippen LogP contribution in [0, 0.1) is 0 Å². The number of para-hydroxylation sites is 12. The van der Waals surface area contributed by atoms with Crippen molar-refractivity contribution in [2.75, 3.05) is 51.3 Å². The van der Waals surface area contributed by atoms with Crippen LogP contribution in [0.5, 0.6) is 23.0 Å². The van der Waals surface area contributed by atoms with Gasteiger partial charge in [-0.3, -0.25) is 48.3 Å². The van der Waals surface area contributed by atoms with Crippen LogP contribution in [0.2, 0.25) is 0 Å². The number of phenolic OH excluding ortho intramolecular Hbond substituents is 1. The van der Waals surface area contributed by atoms with Crippen LogP contribution in [-0.4, -0.2) is 143 Å². The molecule has 0 atom stereocenters. The second-order valence-corrected chi connectivity index (χ2v) is 28.4. The number of aromatic hydroxyl groups is 1. The van der Waals surface area contributed by atoms with E-state index in [0.29, 0.717) is 115 Å². The number of hydrogen-bond donors (Lipinski definition) is 2. The molecule has 0 spiro atoms. The van der Waals surface area contributed by atoms with Gasteiger partial charge in [-0.1, -0.05) is 125 Å². The summed E-state index contributed by atoms with van der Waals surface area (Å²) in [5.41, 5.74) is 22.8. The Hall–Kier alpha value is -10.4. The molecule has 0 unspecified atom stereocenters. The molecule has 0 fully saturated rings. The topological polar surface area (TPSA) is 321 Å². The molecule has 28 heteroatoms. The summed E-state index contributed by atoms with van der Waals surface area (Å²) in [6.07, 6.45) is 6.55. The van der Waals surface area contributed by atoms with Gasteiger partial charge in [0.25, 0.3) is 41.9 Å². The van der Waals surface area contributed by atoms with Crippen LogP contribution in [0.4, 0.5) is 0 Å². The number of rotatable bonds is 24. The average molecular weight is 1740 g/mol. The van der Waals surface area contributed by atoms with Crippen LogP contribution in [0.1, 0.15) is 129 Å². The largest absolute Gasteiger partial charge is 1.00 e. The van der Waals surface area contributed by atoms with Crippen molar-refractivity contribution < 1.29 is 176 Å². The second-order valence-electron chi connectivity index (χ2n) is 27.6. The van der Waals surface area contributed by atoms with Gasteiger partial charge in [-0.2, -0.15) is 9.13 Å². The Balaban J connectivity index is 0.000000161. The maximum Gasteiger partial charge on any atom is 1.00 e. The number of fused-ring (bicyclic) bond motifs is 11. The summed E-state index contributed by atoms with van der Waals surface area (Å²) in [7, 11) is 0. The van der Waals surface area contributed by atoms with Crippen molar-refractivity contribution >= 4 is 146 Å². The standard InChI is InChI=1S/C26H24N3O3.C24H19N3O3.C18H22N3O.C12H12BrNO2.C12H8N2O.CH2O3.2K.H/c1-2-28-21-13-6-5-12-20(21)27-24-22(28)14-9-15-23(24)32-17-8-7-16-29-25(30)18-10-3-4-11-19(18)26(29)31;28-23-16-8-1-2-9-17(16)24(29)27(23)14-5-6-15-30-21-13-7-12-20-22(21)26-19-11-4-3-10-18(19)25-20;1-2-21-15-9-4-3-8-14(15)20-18-16(21)10-7-11-17(18)22-13-6-5-12-19;13-7-3-4-8-14-11(15)9-5-1-2-6-10(9)12(14)16;15-11-7-3-6-10-12(11)14-9-5-2-1-4-8(9)13-10;2-1-4-3;;;/h3-6,9-15H,2,7-8,16-17H2,1H3;1-4,7-13H,5-6,14-15H2;3-4,7-11H,2,5-6,12-13,19H2,1H3;1-2,5-6H,3-4,7-8H2;1-7,15H;1,3H;;;/q+1;;+1;;;;2*+1;-1/p-1. The number of aromatic nitrogens is 8. The van der Waals surface area contributed by atoms with Crippen molar-refractivity contribution in [3.05, 3.63) is 276 Å². The number of ether oxygens (including phenoxy) is 3. The first-order valence-corrected chi connectivity index (χ1v) is 40.5. The van der Waals surface area contributed by atoms with E-state index in [0.717, 1.165) is 139 Å². The minimum atomic E-state index is -0.215. The van der Waals surface area contributed by atoms with E-state index in [4.69, 9.17) is 44.9 Å². The second kappa shape index (κ2) is 44.9. The van der Waals surface area contributed by atoms with Gasteiger partial charge in [-0.25, -0.2) is 29.9 Å². The minimum absolute atomic E-state index is 0. The van der Waals surface area contributed by atoms with Crippen LogP contribution >= 0.6 is 15.9 Å². The van der Waals surface area contributed by atoms with E-state index in [2.05, 4.69) is 89.1 Å². The number of hydrogen-bond acceptors (Lipinski definition) is 20. The Labute approximate surface area is 792 Å². The molecule has 7 heterocycles. The Morgan fingerprint density at radius 2 is 0.645 bits per heavy atom. The molecule has 3 aliphatic heterocycles. The molecule has 15 aromatic rings. The molecule has 25 nitrogen and oxygen atoms in total. The molecule has 0 bridgehead atoms. The summed E-state index contributed by atoms with van der Waals surface area (Å²) in [5.74, 6) is 1.29. The molecule has 4 aromatic heterocycles. The van der Waals surface area contributed by atoms with Gasteiger partial charge in [-0.05, 0) is 181 Å². The van der Waals surface area contributed by atoms with E-state index in [1.807, 2.05) is 127 Å². The number of halogens is 1. The molecular formula is C93H87BrK2N12O13+2. The van der Waals surface area contributed by atoms with E-state index in [1.54, 1.807) is 84.9 Å². The van der Waals surface area contributed by atoms with Gasteiger partial charge in [0.1, 0.15) is 46.7 Å². The Morgan fingerprint density at radius 3 is 1.01 bits per heavy atom. The Bertz CT molecular complexity index is 6170. The van der Waals surface area contributed by atoms with E-state index in [-0.39, 0.29) is 152 Å². The third-order valence-electron chi connectivity index (χ3n) is 20.0. The first-order valence-electron chi connectivity index (χ1n) is 39.4. The number of nitrogens with zero attached hydrogens (tertiary/aromatic N) is 11. The molecule has 3 aliphatic rings. The fraction of sp³-hybridized carbons (Fsp3) is 0.215. The first-order chi connectivity index (χ1) is 58.3. The number of imide groups is 3. The summed E-state index contributed by atoms with van der Waals surface area (Å²) >= 11 is 3.33. The third kappa shape index (κ3) is 21.6. The van der Waals surface area contributed by atoms with Crippen molar-refractivity contribution in [3.8, 4) is 23.0 Å². The van der Waals surface area contributed by atoms with Gasteiger partial charge < -0.3 is 36.6 Å². The van der Waals surface area contributed by atoms with E-state index >= 15 is 0 Å². The van der Waals surface area contributed by atoms with Crippen molar-refractivity contribution in [1.29, 1.82) is 0 Å². The zero-order valence-electron chi connectivity index (χ0n) is 68.6. The van der Waals surface area contributed by atoms with E-state index in [9.17, 15) is 33.9 Å². The van der Waals surface area contributed by atoms with Crippen molar-refractivity contribution in [2.45, 2.75) is 78.3 Å². The first kappa shape index (κ1) is 91.3. The number of benzene rings is 11.